The summed E-state index contributed by atoms with van der Waals surface area (Å²) in [6, 6.07) is 0. The predicted octanol–water partition coefficient (Wildman–Crippen LogP) is 4.05. The maximum atomic E-state index is 12.5. The highest BCUT2D eigenvalue weighted by Gasteiger charge is 2.35. The molecule has 1 heterocycles. The fourth-order valence-corrected chi connectivity index (χ4v) is 1.65. The SMILES string of the molecule is CC(C)(C)c1cncc(C(F)(F)F)c1Cl. The van der Waals surface area contributed by atoms with E-state index in [9.17, 15) is 13.2 Å². The van der Waals surface area contributed by atoms with Crippen molar-refractivity contribution in [2.45, 2.75) is 32.4 Å². The van der Waals surface area contributed by atoms with Gasteiger partial charge < -0.3 is 0 Å². The zero-order valence-electron chi connectivity index (χ0n) is 8.61. The summed E-state index contributed by atoms with van der Waals surface area (Å²) in [4.78, 5) is 3.57. The van der Waals surface area contributed by atoms with Gasteiger partial charge in [-0.3, -0.25) is 4.98 Å². The molecule has 0 radical (unpaired) electrons. The monoisotopic (exact) mass is 237 g/mol. The highest BCUT2D eigenvalue weighted by Crippen LogP contribution is 2.38. The molecule has 0 fully saturated rings. The van der Waals surface area contributed by atoms with Crippen LogP contribution in [0.1, 0.15) is 31.9 Å². The summed E-state index contributed by atoms with van der Waals surface area (Å²) < 4.78 is 37.5. The fourth-order valence-electron chi connectivity index (χ4n) is 1.17. The van der Waals surface area contributed by atoms with Crippen molar-refractivity contribution in [3.05, 3.63) is 28.5 Å². The molecule has 0 unspecified atom stereocenters. The van der Waals surface area contributed by atoms with Crippen LogP contribution in [-0.2, 0) is 11.6 Å². The molecule has 0 atom stereocenters. The summed E-state index contributed by atoms with van der Waals surface area (Å²) in [6.45, 7) is 5.36. The number of pyridine rings is 1. The van der Waals surface area contributed by atoms with Gasteiger partial charge in [-0.05, 0) is 11.0 Å². The summed E-state index contributed by atoms with van der Waals surface area (Å²) in [6.07, 6.45) is -2.33. The van der Waals surface area contributed by atoms with Crippen LogP contribution in [0.5, 0.6) is 0 Å². The van der Waals surface area contributed by atoms with Crippen molar-refractivity contribution in [1.29, 1.82) is 0 Å². The minimum Gasteiger partial charge on any atom is -0.264 e. The molecule has 0 aliphatic rings. The highest BCUT2D eigenvalue weighted by atomic mass is 35.5. The molecule has 1 aromatic rings. The van der Waals surface area contributed by atoms with Crippen LogP contribution in [0, 0.1) is 0 Å². The van der Waals surface area contributed by atoms with E-state index in [1.54, 1.807) is 20.8 Å². The summed E-state index contributed by atoms with van der Waals surface area (Å²) in [5.74, 6) is 0. The van der Waals surface area contributed by atoms with Gasteiger partial charge in [-0.15, -0.1) is 0 Å². The molecule has 0 spiro atoms. The quantitative estimate of drug-likeness (QED) is 0.663. The van der Waals surface area contributed by atoms with Crippen LogP contribution < -0.4 is 0 Å². The van der Waals surface area contributed by atoms with Gasteiger partial charge in [0.1, 0.15) is 0 Å². The maximum absolute atomic E-state index is 12.5. The Hall–Kier alpha value is -0.770. The molecule has 0 saturated heterocycles. The zero-order valence-corrected chi connectivity index (χ0v) is 9.37. The Morgan fingerprint density at radius 1 is 1.07 bits per heavy atom. The molecule has 0 aromatic carbocycles. The van der Waals surface area contributed by atoms with Crippen LogP contribution in [0.4, 0.5) is 13.2 Å². The lowest BCUT2D eigenvalue weighted by molar-refractivity contribution is -0.137. The minimum absolute atomic E-state index is 0.259. The molecular formula is C10H11ClF3N. The normalized spacial score (nSPS) is 13.0. The number of hydrogen-bond acceptors (Lipinski definition) is 1. The van der Waals surface area contributed by atoms with Crippen molar-refractivity contribution in [3.8, 4) is 0 Å². The van der Waals surface area contributed by atoms with E-state index < -0.39 is 17.2 Å². The summed E-state index contributed by atoms with van der Waals surface area (Å²) in [7, 11) is 0. The van der Waals surface area contributed by atoms with Crippen molar-refractivity contribution < 1.29 is 13.2 Å². The Balaban J connectivity index is 3.37. The molecule has 0 aliphatic heterocycles. The third-order valence-corrected chi connectivity index (χ3v) is 2.40. The first kappa shape index (κ1) is 12.3. The molecule has 1 aromatic heterocycles. The molecule has 0 amide bonds. The maximum Gasteiger partial charge on any atom is 0.419 e. The minimum atomic E-state index is -4.45. The molecule has 84 valence electrons. The summed E-state index contributed by atoms with van der Waals surface area (Å²) >= 11 is 5.72. The highest BCUT2D eigenvalue weighted by molar-refractivity contribution is 6.32. The number of alkyl halides is 3. The Labute approximate surface area is 91.3 Å². The molecule has 1 nitrogen and oxygen atoms in total. The third-order valence-electron chi connectivity index (χ3n) is 1.99. The van der Waals surface area contributed by atoms with Gasteiger partial charge in [0.25, 0.3) is 0 Å². The number of rotatable bonds is 0. The molecule has 0 aliphatic carbocycles. The molecule has 5 heteroatoms. The fraction of sp³-hybridized carbons (Fsp3) is 0.500. The number of hydrogen-bond donors (Lipinski definition) is 0. The third kappa shape index (κ3) is 2.62. The predicted molar refractivity (Wildman–Crippen MR) is 52.9 cm³/mol. The molecular weight excluding hydrogens is 227 g/mol. The van der Waals surface area contributed by atoms with Crippen LogP contribution in [0.2, 0.25) is 5.02 Å². The second-order valence-electron chi connectivity index (χ2n) is 4.30. The molecule has 0 saturated carbocycles. The summed E-state index contributed by atoms with van der Waals surface area (Å²) in [5, 5.41) is -0.259. The van der Waals surface area contributed by atoms with Gasteiger partial charge in [0, 0.05) is 12.4 Å². The molecule has 0 bridgehead atoms. The molecule has 0 N–H and O–H groups in total. The molecule has 1 rings (SSSR count). The van der Waals surface area contributed by atoms with E-state index in [4.69, 9.17) is 11.6 Å². The number of halogens is 4. The number of nitrogens with zero attached hydrogens (tertiary/aromatic N) is 1. The van der Waals surface area contributed by atoms with Crippen molar-refractivity contribution in [3.63, 3.8) is 0 Å². The van der Waals surface area contributed by atoms with Crippen molar-refractivity contribution in [1.82, 2.24) is 4.98 Å². The van der Waals surface area contributed by atoms with Crippen LogP contribution in [0.3, 0.4) is 0 Å². The van der Waals surface area contributed by atoms with Crippen LogP contribution >= 0.6 is 11.6 Å². The first-order chi connectivity index (χ1) is 6.64. The Morgan fingerprint density at radius 3 is 1.93 bits per heavy atom. The van der Waals surface area contributed by atoms with E-state index in [-0.39, 0.29) is 5.02 Å². The van der Waals surface area contributed by atoms with E-state index in [1.165, 1.54) is 6.20 Å². The Morgan fingerprint density at radius 2 is 1.53 bits per heavy atom. The van der Waals surface area contributed by atoms with Crippen molar-refractivity contribution in [2.75, 3.05) is 0 Å². The van der Waals surface area contributed by atoms with E-state index in [2.05, 4.69) is 4.98 Å². The lowest BCUT2D eigenvalue weighted by Crippen LogP contribution is -2.16. The Bertz CT molecular complexity index is 334. The zero-order chi connectivity index (χ0) is 11.9. The van der Waals surface area contributed by atoms with Gasteiger partial charge in [0.2, 0.25) is 0 Å². The van der Waals surface area contributed by atoms with Crippen LogP contribution in [0.15, 0.2) is 12.4 Å². The van der Waals surface area contributed by atoms with Gasteiger partial charge in [-0.2, -0.15) is 13.2 Å². The lowest BCUT2D eigenvalue weighted by atomic mass is 9.87. The largest absolute Gasteiger partial charge is 0.419 e. The topological polar surface area (TPSA) is 12.9 Å². The van der Waals surface area contributed by atoms with E-state index in [0.29, 0.717) is 5.56 Å². The lowest BCUT2D eigenvalue weighted by Gasteiger charge is -2.21. The second-order valence-corrected chi connectivity index (χ2v) is 4.67. The van der Waals surface area contributed by atoms with Crippen LogP contribution in [-0.4, -0.2) is 4.98 Å². The van der Waals surface area contributed by atoms with Gasteiger partial charge in [0.05, 0.1) is 10.6 Å². The second kappa shape index (κ2) is 3.67. The summed E-state index contributed by atoms with van der Waals surface area (Å²) in [5.41, 5.74) is -0.929. The van der Waals surface area contributed by atoms with Gasteiger partial charge in [-0.1, -0.05) is 32.4 Å². The first-order valence-corrected chi connectivity index (χ1v) is 4.73. The van der Waals surface area contributed by atoms with Gasteiger partial charge in [-0.25, -0.2) is 0 Å². The first-order valence-electron chi connectivity index (χ1n) is 4.35. The van der Waals surface area contributed by atoms with E-state index >= 15 is 0 Å². The van der Waals surface area contributed by atoms with E-state index in [1.807, 2.05) is 0 Å². The Kier molecular flexibility index (Phi) is 3.01. The van der Waals surface area contributed by atoms with Crippen molar-refractivity contribution >= 4 is 11.6 Å². The average Bonchev–Trinajstić information content (AvgIpc) is 1.99. The molecule has 15 heavy (non-hydrogen) atoms. The van der Waals surface area contributed by atoms with Gasteiger partial charge >= 0.3 is 6.18 Å². The van der Waals surface area contributed by atoms with E-state index in [0.717, 1.165) is 6.20 Å². The van der Waals surface area contributed by atoms with Crippen LogP contribution in [0.25, 0.3) is 0 Å². The van der Waals surface area contributed by atoms with Crippen molar-refractivity contribution in [2.24, 2.45) is 0 Å². The number of aromatic nitrogens is 1. The smallest absolute Gasteiger partial charge is 0.264 e. The standard InChI is InChI=1S/C10H11ClF3N/c1-9(2,3)6-4-15-5-7(8(6)11)10(12,13)14/h4-5H,1-3H3. The average molecular weight is 238 g/mol. The van der Waals surface area contributed by atoms with Gasteiger partial charge in [0.15, 0.2) is 0 Å².